The van der Waals surface area contributed by atoms with E-state index in [0.29, 0.717) is 5.92 Å². The quantitative estimate of drug-likeness (QED) is 0.725. The second-order valence-corrected chi connectivity index (χ2v) is 4.63. The van der Waals surface area contributed by atoms with Gasteiger partial charge >= 0.3 is 0 Å². The Morgan fingerprint density at radius 3 is 2.21 bits per heavy atom. The molecule has 2 heteroatoms. The highest BCUT2D eigenvalue weighted by molar-refractivity contribution is 8.02. The van der Waals surface area contributed by atoms with E-state index in [-0.39, 0.29) is 0 Å². The molecule has 1 aromatic rings. The summed E-state index contributed by atoms with van der Waals surface area (Å²) in [5, 5.41) is 0.883. The first kappa shape index (κ1) is 11.7. The van der Waals surface area contributed by atoms with Crippen molar-refractivity contribution in [2.45, 2.75) is 13.8 Å². The van der Waals surface area contributed by atoms with Gasteiger partial charge in [0.15, 0.2) is 0 Å². The van der Waals surface area contributed by atoms with Gasteiger partial charge in [0, 0.05) is 4.91 Å². The molecular formula is C12H15ClS. The van der Waals surface area contributed by atoms with Crippen molar-refractivity contribution in [2.75, 3.05) is 6.26 Å². The summed E-state index contributed by atoms with van der Waals surface area (Å²) in [6.07, 6.45) is 2.07. The Balaban J connectivity index is 3.08. The molecule has 14 heavy (non-hydrogen) atoms. The Bertz CT molecular complexity index is 314. The van der Waals surface area contributed by atoms with Crippen molar-refractivity contribution in [3.63, 3.8) is 0 Å². The zero-order valence-electron chi connectivity index (χ0n) is 8.75. The van der Waals surface area contributed by atoms with E-state index in [9.17, 15) is 0 Å². The maximum atomic E-state index is 6.33. The largest absolute Gasteiger partial charge is 0.132 e. The fourth-order valence-electron chi connectivity index (χ4n) is 1.31. The Hall–Kier alpha value is -0.400. The minimum atomic E-state index is 0.484. The van der Waals surface area contributed by atoms with Gasteiger partial charge in [-0.3, -0.25) is 0 Å². The Labute approximate surface area is 95.4 Å². The van der Waals surface area contributed by atoms with Gasteiger partial charge in [0.2, 0.25) is 0 Å². The molecule has 0 radical (unpaired) electrons. The van der Waals surface area contributed by atoms with Crippen molar-refractivity contribution in [3.8, 4) is 0 Å². The number of thioether (sulfide) groups is 1. The molecule has 1 aromatic carbocycles. The SMILES string of the molecule is CS/C(=C(/Cl)c1ccccc1)C(C)C. The lowest BCUT2D eigenvalue weighted by Gasteiger charge is -2.11. The van der Waals surface area contributed by atoms with E-state index in [1.807, 2.05) is 30.3 Å². The first-order valence-electron chi connectivity index (χ1n) is 4.66. The van der Waals surface area contributed by atoms with Crippen LogP contribution in [0.1, 0.15) is 19.4 Å². The Kier molecular flexibility index (Phi) is 4.56. The first-order chi connectivity index (χ1) is 6.66. The maximum Gasteiger partial charge on any atom is 0.0575 e. The number of allylic oxidation sites excluding steroid dienone is 1. The van der Waals surface area contributed by atoms with Gasteiger partial charge in [0.25, 0.3) is 0 Å². The highest BCUT2D eigenvalue weighted by Gasteiger charge is 2.09. The fraction of sp³-hybridized carbons (Fsp3) is 0.333. The lowest BCUT2D eigenvalue weighted by molar-refractivity contribution is 0.821. The smallest absolute Gasteiger partial charge is 0.0575 e. The molecule has 0 heterocycles. The van der Waals surface area contributed by atoms with Crippen LogP contribution in [0.25, 0.3) is 5.03 Å². The van der Waals surface area contributed by atoms with Gasteiger partial charge in [-0.15, -0.1) is 11.8 Å². The van der Waals surface area contributed by atoms with Crippen LogP contribution in [0.5, 0.6) is 0 Å². The van der Waals surface area contributed by atoms with Crippen molar-refractivity contribution < 1.29 is 0 Å². The van der Waals surface area contributed by atoms with Gasteiger partial charge in [-0.05, 0) is 17.7 Å². The highest BCUT2D eigenvalue weighted by Crippen LogP contribution is 2.33. The number of hydrogen-bond acceptors (Lipinski definition) is 1. The molecule has 0 aromatic heterocycles. The van der Waals surface area contributed by atoms with E-state index in [0.717, 1.165) is 10.6 Å². The highest BCUT2D eigenvalue weighted by atomic mass is 35.5. The molecule has 0 amide bonds. The van der Waals surface area contributed by atoms with Crippen molar-refractivity contribution >= 4 is 28.4 Å². The summed E-state index contributed by atoms with van der Waals surface area (Å²) in [4.78, 5) is 1.25. The van der Waals surface area contributed by atoms with E-state index < -0.39 is 0 Å². The van der Waals surface area contributed by atoms with Crippen LogP contribution in [-0.4, -0.2) is 6.26 Å². The average molecular weight is 227 g/mol. The van der Waals surface area contributed by atoms with Crippen LogP contribution in [0.4, 0.5) is 0 Å². The third-order valence-electron chi connectivity index (χ3n) is 1.99. The van der Waals surface area contributed by atoms with Crippen LogP contribution in [0.3, 0.4) is 0 Å². The second kappa shape index (κ2) is 5.47. The van der Waals surface area contributed by atoms with Gasteiger partial charge in [-0.1, -0.05) is 55.8 Å². The van der Waals surface area contributed by atoms with Gasteiger partial charge < -0.3 is 0 Å². The van der Waals surface area contributed by atoms with Gasteiger partial charge in [-0.2, -0.15) is 0 Å². The number of rotatable bonds is 3. The number of hydrogen-bond donors (Lipinski definition) is 0. The summed E-state index contributed by atoms with van der Waals surface area (Å²) in [5.74, 6) is 0.484. The van der Waals surface area contributed by atoms with Gasteiger partial charge in [0.1, 0.15) is 0 Å². The second-order valence-electron chi connectivity index (χ2n) is 3.40. The zero-order chi connectivity index (χ0) is 10.6. The van der Waals surface area contributed by atoms with Crippen LogP contribution < -0.4 is 0 Å². The molecule has 0 atom stereocenters. The summed E-state index contributed by atoms with van der Waals surface area (Å²) in [7, 11) is 0. The molecular weight excluding hydrogens is 212 g/mol. The third kappa shape index (κ3) is 2.79. The molecule has 0 aliphatic heterocycles. The Morgan fingerprint density at radius 1 is 1.21 bits per heavy atom. The molecule has 0 spiro atoms. The van der Waals surface area contributed by atoms with Crippen molar-refractivity contribution in [3.05, 3.63) is 40.8 Å². The molecule has 0 nitrogen and oxygen atoms in total. The first-order valence-corrected chi connectivity index (χ1v) is 6.26. The molecule has 0 aliphatic carbocycles. The lowest BCUT2D eigenvalue weighted by Crippen LogP contribution is -1.92. The van der Waals surface area contributed by atoms with Crippen LogP contribution in [0.15, 0.2) is 35.2 Å². The summed E-state index contributed by atoms with van der Waals surface area (Å²) in [6.45, 7) is 4.33. The fourth-order valence-corrected chi connectivity index (χ4v) is 2.65. The van der Waals surface area contributed by atoms with E-state index in [1.54, 1.807) is 11.8 Å². The topological polar surface area (TPSA) is 0 Å². The van der Waals surface area contributed by atoms with Gasteiger partial charge in [0.05, 0.1) is 5.03 Å². The molecule has 0 fully saturated rings. The minimum absolute atomic E-state index is 0.484. The summed E-state index contributed by atoms with van der Waals surface area (Å²) < 4.78 is 0. The average Bonchev–Trinajstić information content (AvgIpc) is 2.19. The van der Waals surface area contributed by atoms with Crippen LogP contribution in [0, 0.1) is 5.92 Å². The summed E-state index contributed by atoms with van der Waals surface area (Å²) in [6, 6.07) is 10.1. The molecule has 0 aliphatic rings. The molecule has 0 N–H and O–H groups in total. The van der Waals surface area contributed by atoms with Gasteiger partial charge in [-0.25, -0.2) is 0 Å². The minimum Gasteiger partial charge on any atom is -0.132 e. The molecule has 0 unspecified atom stereocenters. The van der Waals surface area contributed by atoms with Crippen LogP contribution in [-0.2, 0) is 0 Å². The predicted molar refractivity (Wildman–Crippen MR) is 67.6 cm³/mol. The number of benzene rings is 1. The van der Waals surface area contributed by atoms with E-state index in [4.69, 9.17) is 11.6 Å². The van der Waals surface area contributed by atoms with Crippen molar-refractivity contribution in [1.29, 1.82) is 0 Å². The maximum absolute atomic E-state index is 6.33. The predicted octanol–water partition coefficient (Wildman–Crippen LogP) is 4.61. The monoisotopic (exact) mass is 226 g/mol. The molecule has 0 saturated heterocycles. The number of halogens is 1. The van der Waals surface area contributed by atoms with Crippen LogP contribution >= 0.6 is 23.4 Å². The summed E-state index contributed by atoms with van der Waals surface area (Å²) in [5.41, 5.74) is 1.10. The molecule has 0 saturated carbocycles. The molecule has 1 rings (SSSR count). The van der Waals surface area contributed by atoms with Crippen LogP contribution in [0.2, 0.25) is 0 Å². The zero-order valence-corrected chi connectivity index (χ0v) is 10.3. The van der Waals surface area contributed by atoms with E-state index in [2.05, 4.69) is 20.1 Å². The third-order valence-corrected chi connectivity index (χ3v) is 3.64. The normalized spacial score (nSPS) is 12.9. The standard InChI is InChI=1S/C12H15ClS/c1-9(2)12(14-3)11(13)10-7-5-4-6-8-10/h4-9H,1-3H3/b12-11+. The molecule has 0 bridgehead atoms. The van der Waals surface area contributed by atoms with E-state index in [1.165, 1.54) is 4.91 Å². The van der Waals surface area contributed by atoms with E-state index >= 15 is 0 Å². The lowest BCUT2D eigenvalue weighted by atomic mass is 10.1. The van der Waals surface area contributed by atoms with Crippen molar-refractivity contribution in [2.24, 2.45) is 5.92 Å². The van der Waals surface area contributed by atoms with Crippen molar-refractivity contribution in [1.82, 2.24) is 0 Å². The Morgan fingerprint density at radius 2 is 1.79 bits per heavy atom. The molecule has 76 valence electrons. The summed E-state index contributed by atoms with van der Waals surface area (Å²) >= 11 is 8.05.